The zero-order chi connectivity index (χ0) is 14.1. The Bertz CT molecular complexity index is 395. The summed E-state index contributed by atoms with van der Waals surface area (Å²) in [6, 6.07) is 9.32. The van der Waals surface area contributed by atoms with E-state index in [0.29, 0.717) is 0 Å². The van der Waals surface area contributed by atoms with Crippen LogP contribution >= 0.6 is 0 Å². The van der Waals surface area contributed by atoms with Crippen molar-refractivity contribution in [3.63, 3.8) is 0 Å². The average Bonchev–Trinajstić information content (AvgIpc) is 2.25. The molecular formula is C16H22O2. The first-order valence-electron chi connectivity index (χ1n) is 6.13. The molecule has 2 heteroatoms. The lowest BCUT2D eigenvalue weighted by Crippen LogP contribution is -2.05. The summed E-state index contributed by atoms with van der Waals surface area (Å²) in [5.74, 6) is 0.447. The van der Waals surface area contributed by atoms with Crippen LogP contribution in [-0.4, -0.2) is 11.6 Å². The van der Waals surface area contributed by atoms with Gasteiger partial charge in [0.1, 0.15) is 0 Å². The molecule has 18 heavy (non-hydrogen) atoms. The standard InChI is InChI=1S/C12H12O2.C4H10/c1-9(13)12(10(2)14)8-11-6-4-3-5-7-11;1-4(2)3/h3-8H,1-2H3;4H,1-3H3. The quantitative estimate of drug-likeness (QED) is 0.460. The second-order valence-corrected chi connectivity index (χ2v) is 4.81. The number of hydrogen-bond acceptors (Lipinski definition) is 2. The Labute approximate surface area is 110 Å². The lowest BCUT2D eigenvalue weighted by molar-refractivity contribution is -0.119. The molecule has 2 nitrogen and oxygen atoms in total. The van der Waals surface area contributed by atoms with Crippen LogP contribution in [0.1, 0.15) is 40.2 Å². The van der Waals surface area contributed by atoms with Crippen LogP contribution < -0.4 is 0 Å². The number of allylic oxidation sites excluding steroid dienone is 1. The fourth-order valence-electron chi connectivity index (χ4n) is 1.17. The monoisotopic (exact) mass is 246 g/mol. The summed E-state index contributed by atoms with van der Waals surface area (Å²) < 4.78 is 0. The molecule has 0 amide bonds. The van der Waals surface area contributed by atoms with Crippen LogP contribution in [0.3, 0.4) is 0 Å². The molecular weight excluding hydrogens is 224 g/mol. The first-order chi connectivity index (χ1) is 8.34. The first kappa shape index (κ1) is 16.3. The van der Waals surface area contributed by atoms with Gasteiger partial charge in [-0.25, -0.2) is 0 Å². The van der Waals surface area contributed by atoms with Crippen LogP contribution in [0.4, 0.5) is 0 Å². The summed E-state index contributed by atoms with van der Waals surface area (Å²) in [5.41, 5.74) is 1.11. The Hall–Kier alpha value is -1.70. The van der Waals surface area contributed by atoms with Crippen molar-refractivity contribution in [1.29, 1.82) is 0 Å². The number of rotatable bonds is 3. The third kappa shape index (κ3) is 7.55. The third-order valence-electron chi connectivity index (χ3n) is 1.87. The van der Waals surface area contributed by atoms with Crippen LogP contribution in [0, 0.1) is 5.92 Å². The third-order valence-corrected chi connectivity index (χ3v) is 1.87. The molecule has 0 aliphatic carbocycles. The maximum atomic E-state index is 11.1. The fourth-order valence-corrected chi connectivity index (χ4v) is 1.17. The number of carbonyl (C=O) groups excluding carboxylic acids is 2. The molecule has 1 rings (SSSR count). The Morgan fingerprint density at radius 1 is 0.944 bits per heavy atom. The number of Topliss-reactive ketones (excluding diaryl/α,β-unsaturated/α-hetero) is 2. The van der Waals surface area contributed by atoms with Gasteiger partial charge in [0.25, 0.3) is 0 Å². The molecule has 0 atom stereocenters. The largest absolute Gasteiger partial charge is 0.294 e. The van der Waals surface area contributed by atoms with E-state index in [2.05, 4.69) is 20.8 Å². The van der Waals surface area contributed by atoms with E-state index in [0.717, 1.165) is 11.5 Å². The molecule has 0 unspecified atom stereocenters. The number of carbonyl (C=O) groups is 2. The SMILES string of the molecule is CC(=O)C(=Cc1ccccc1)C(C)=O.CC(C)C. The minimum Gasteiger partial charge on any atom is -0.294 e. The predicted octanol–water partition coefficient (Wildman–Crippen LogP) is 3.91. The summed E-state index contributed by atoms with van der Waals surface area (Å²) in [6.07, 6.45) is 1.62. The van der Waals surface area contributed by atoms with E-state index in [1.54, 1.807) is 6.08 Å². The van der Waals surface area contributed by atoms with E-state index >= 15 is 0 Å². The van der Waals surface area contributed by atoms with Gasteiger partial charge in [0.15, 0.2) is 11.6 Å². The van der Waals surface area contributed by atoms with E-state index in [9.17, 15) is 9.59 Å². The normalized spacial score (nSPS) is 9.22. The second-order valence-electron chi connectivity index (χ2n) is 4.81. The average molecular weight is 246 g/mol. The van der Waals surface area contributed by atoms with Crippen LogP contribution in [0.25, 0.3) is 6.08 Å². The molecule has 0 aliphatic heterocycles. The minimum absolute atomic E-state index is 0.193. The number of hydrogen-bond donors (Lipinski definition) is 0. The molecule has 0 aromatic heterocycles. The highest BCUT2D eigenvalue weighted by atomic mass is 16.1. The summed E-state index contributed by atoms with van der Waals surface area (Å²) in [7, 11) is 0. The van der Waals surface area contributed by atoms with Gasteiger partial charge in [-0.3, -0.25) is 9.59 Å². The Balaban J connectivity index is 0.000000631. The maximum Gasteiger partial charge on any atom is 0.163 e. The molecule has 0 bridgehead atoms. The Kier molecular flexibility index (Phi) is 7.61. The van der Waals surface area contributed by atoms with Gasteiger partial charge in [-0.05, 0) is 31.4 Å². The van der Waals surface area contributed by atoms with Gasteiger partial charge in [-0.15, -0.1) is 0 Å². The molecule has 0 aliphatic rings. The summed E-state index contributed by atoms with van der Waals surface area (Å²) in [4.78, 5) is 22.2. The molecule has 0 radical (unpaired) electrons. The molecule has 0 saturated heterocycles. The van der Waals surface area contributed by atoms with Gasteiger partial charge in [-0.2, -0.15) is 0 Å². The van der Waals surface area contributed by atoms with Crippen LogP contribution in [0.2, 0.25) is 0 Å². The lowest BCUT2D eigenvalue weighted by Gasteiger charge is -1.98. The van der Waals surface area contributed by atoms with Gasteiger partial charge in [-0.1, -0.05) is 51.1 Å². The van der Waals surface area contributed by atoms with Gasteiger partial charge >= 0.3 is 0 Å². The van der Waals surface area contributed by atoms with Gasteiger partial charge < -0.3 is 0 Å². The highest BCUT2D eigenvalue weighted by Crippen LogP contribution is 2.08. The van der Waals surface area contributed by atoms with Crippen LogP contribution in [0.15, 0.2) is 35.9 Å². The van der Waals surface area contributed by atoms with E-state index in [-0.39, 0.29) is 17.1 Å². The molecule has 1 aromatic rings. The summed E-state index contributed by atoms with van der Waals surface area (Å²) >= 11 is 0. The van der Waals surface area contributed by atoms with Crippen molar-refractivity contribution < 1.29 is 9.59 Å². The van der Waals surface area contributed by atoms with Crippen molar-refractivity contribution in [2.45, 2.75) is 34.6 Å². The van der Waals surface area contributed by atoms with Crippen LogP contribution in [-0.2, 0) is 9.59 Å². The van der Waals surface area contributed by atoms with E-state index in [4.69, 9.17) is 0 Å². The number of benzene rings is 1. The maximum absolute atomic E-state index is 11.1. The fraction of sp³-hybridized carbons (Fsp3) is 0.375. The highest BCUT2D eigenvalue weighted by Gasteiger charge is 2.08. The summed E-state index contributed by atoms with van der Waals surface area (Å²) in [6.45, 7) is 9.30. The van der Waals surface area contributed by atoms with E-state index in [1.165, 1.54) is 13.8 Å². The van der Waals surface area contributed by atoms with Crippen molar-refractivity contribution in [3.05, 3.63) is 41.5 Å². The second kappa shape index (κ2) is 8.40. The van der Waals surface area contributed by atoms with E-state index in [1.807, 2.05) is 30.3 Å². The molecule has 0 spiro atoms. The van der Waals surface area contributed by atoms with Crippen molar-refractivity contribution >= 4 is 17.6 Å². The predicted molar refractivity (Wildman–Crippen MR) is 76.3 cm³/mol. The van der Waals surface area contributed by atoms with Gasteiger partial charge in [0.05, 0.1) is 5.57 Å². The van der Waals surface area contributed by atoms with Crippen molar-refractivity contribution in [2.75, 3.05) is 0 Å². The molecule has 1 aromatic carbocycles. The minimum atomic E-state index is -0.193. The first-order valence-corrected chi connectivity index (χ1v) is 6.13. The van der Waals surface area contributed by atoms with Gasteiger partial charge in [0, 0.05) is 0 Å². The molecule has 98 valence electrons. The van der Waals surface area contributed by atoms with E-state index < -0.39 is 0 Å². The highest BCUT2D eigenvalue weighted by molar-refractivity contribution is 6.21. The zero-order valence-corrected chi connectivity index (χ0v) is 11.9. The molecule has 0 N–H and O–H groups in total. The molecule has 0 saturated carbocycles. The molecule has 0 fully saturated rings. The van der Waals surface area contributed by atoms with Crippen LogP contribution in [0.5, 0.6) is 0 Å². The summed E-state index contributed by atoms with van der Waals surface area (Å²) in [5, 5.41) is 0. The smallest absolute Gasteiger partial charge is 0.163 e. The van der Waals surface area contributed by atoms with Gasteiger partial charge in [0.2, 0.25) is 0 Å². The van der Waals surface area contributed by atoms with Crippen molar-refractivity contribution in [2.24, 2.45) is 5.92 Å². The molecule has 0 heterocycles. The van der Waals surface area contributed by atoms with Crippen molar-refractivity contribution in [1.82, 2.24) is 0 Å². The topological polar surface area (TPSA) is 34.1 Å². The lowest BCUT2D eigenvalue weighted by atomic mass is 10.1. The zero-order valence-electron chi connectivity index (χ0n) is 11.9. The van der Waals surface area contributed by atoms with Crippen molar-refractivity contribution in [3.8, 4) is 0 Å². The Morgan fingerprint density at radius 3 is 1.67 bits per heavy atom. The Morgan fingerprint density at radius 2 is 1.33 bits per heavy atom. The number of ketones is 2.